The molecule has 4 aromatic carbocycles. The highest BCUT2D eigenvalue weighted by molar-refractivity contribution is 7.51. The van der Waals surface area contributed by atoms with E-state index in [1.54, 1.807) is 9.80 Å². The summed E-state index contributed by atoms with van der Waals surface area (Å²) in [6.07, 6.45) is -4.31. The van der Waals surface area contributed by atoms with Gasteiger partial charge in [-0.15, -0.1) is 11.6 Å². The van der Waals surface area contributed by atoms with E-state index in [1.807, 2.05) is 63.2 Å². The van der Waals surface area contributed by atoms with E-state index in [9.17, 15) is 47.0 Å². The Bertz CT molecular complexity index is 2430. The van der Waals surface area contributed by atoms with Crippen LogP contribution in [-0.4, -0.2) is 98.2 Å². The molecule has 1 atom stereocenters. The van der Waals surface area contributed by atoms with Crippen molar-refractivity contribution in [3.8, 4) is 17.2 Å². The number of rotatable bonds is 15. The van der Waals surface area contributed by atoms with Gasteiger partial charge in [-0.3, -0.25) is 39.3 Å². The molecule has 0 aliphatic carbocycles. The van der Waals surface area contributed by atoms with Gasteiger partial charge in [0.05, 0.1) is 45.8 Å². The Morgan fingerprint density at radius 1 is 1.03 bits per heavy atom. The molecule has 0 fully saturated rings. The normalized spacial score (nSPS) is 12.9. The van der Waals surface area contributed by atoms with Gasteiger partial charge in [-0.05, 0) is 74.7 Å². The highest BCUT2D eigenvalue weighted by Crippen LogP contribution is 2.38. The van der Waals surface area contributed by atoms with Gasteiger partial charge in [0.2, 0.25) is 5.91 Å². The third-order valence-electron chi connectivity index (χ3n) is 8.76. The number of para-hydroxylation sites is 3. The first-order valence-corrected chi connectivity index (χ1v) is 23.2. The van der Waals surface area contributed by atoms with Crippen molar-refractivity contribution in [2.24, 2.45) is 0 Å². The number of hydrogen-bond acceptors (Lipinski definition) is 11. The van der Waals surface area contributed by atoms with Gasteiger partial charge in [0.1, 0.15) is 42.0 Å². The molecule has 372 valence electrons. The van der Waals surface area contributed by atoms with E-state index in [0.717, 1.165) is 59.3 Å². The molecule has 2 amide bonds. The van der Waals surface area contributed by atoms with Crippen molar-refractivity contribution in [2.75, 3.05) is 48.5 Å². The van der Waals surface area contributed by atoms with E-state index in [0.29, 0.717) is 25.0 Å². The van der Waals surface area contributed by atoms with Gasteiger partial charge >= 0.3 is 25.7 Å². The number of alkyl halides is 6. The summed E-state index contributed by atoms with van der Waals surface area (Å²) in [6, 6.07) is 18.6. The Balaban J connectivity index is 0.000000324. The number of anilines is 2. The minimum Gasteiger partial charge on any atom is -0.489 e. The van der Waals surface area contributed by atoms with Crippen molar-refractivity contribution < 1.29 is 76.0 Å². The van der Waals surface area contributed by atoms with Gasteiger partial charge in [0.25, 0.3) is 11.6 Å². The van der Waals surface area contributed by atoms with Crippen LogP contribution < -0.4 is 24.6 Å². The number of carbonyl (C=O) groups excluding carboxylic acids is 2. The molecule has 1 aliphatic heterocycles. The molecule has 0 radical (unpaired) electrons. The minimum absolute atomic E-state index is 0.0371. The molecular formula is C42H46Cl4F3N4O14P. The average Bonchev–Trinajstić information content (AvgIpc) is 3.26. The second-order valence-electron chi connectivity index (χ2n) is 13.8. The number of amides is 2. The van der Waals surface area contributed by atoms with Crippen LogP contribution in [-0.2, 0) is 36.3 Å². The summed E-state index contributed by atoms with van der Waals surface area (Å²) < 4.78 is 63.8. The molecule has 0 bridgehead atoms. The monoisotopic (exact) mass is 1060 g/mol. The van der Waals surface area contributed by atoms with Crippen molar-refractivity contribution in [1.82, 2.24) is 5.32 Å². The lowest BCUT2D eigenvalue weighted by Crippen LogP contribution is -2.47. The number of nitro groups is 1. The average molecular weight is 1060 g/mol. The van der Waals surface area contributed by atoms with Crippen LogP contribution in [0.2, 0.25) is 5.02 Å². The molecule has 4 aromatic rings. The van der Waals surface area contributed by atoms with Crippen LogP contribution >= 0.6 is 54.0 Å². The molecule has 5 rings (SSSR count). The molecule has 1 aliphatic rings. The van der Waals surface area contributed by atoms with Crippen molar-refractivity contribution in [2.45, 2.75) is 51.2 Å². The number of aliphatic carboxylic acids is 1. The SMILES string of the molecule is CC1COc2ccccc2N1C(=O)C(Cl)Cl.CCOCN(C(=O)CCl)c1c(C)cccc1CC.O=C(O)CNCP(=O)(O)O.O=C(O)c1cc(Oc2ccc(C(F)(F)F)cc2Cl)ccc1[N+](=O)[O-]. The number of nitro benzene ring substituents is 1. The second kappa shape index (κ2) is 27.7. The lowest BCUT2D eigenvalue weighted by Gasteiger charge is -2.35. The Morgan fingerprint density at radius 3 is 2.22 bits per heavy atom. The van der Waals surface area contributed by atoms with E-state index >= 15 is 0 Å². The summed E-state index contributed by atoms with van der Waals surface area (Å²) >= 11 is 22.7. The maximum atomic E-state index is 12.6. The topological polar surface area (TPSA) is 256 Å². The van der Waals surface area contributed by atoms with Crippen molar-refractivity contribution >= 4 is 94.8 Å². The van der Waals surface area contributed by atoms with Gasteiger partial charge in [-0.2, -0.15) is 13.2 Å². The van der Waals surface area contributed by atoms with Crippen LogP contribution in [0, 0.1) is 17.0 Å². The predicted octanol–water partition coefficient (Wildman–Crippen LogP) is 9.28. The standard InChI is InChI=1S/C14H7ClF3NO5.C14H20ClNO2.C11H11Cl2NO2.C3H8NO5P/c15-10-5-7(14(16,17)18)1-4-12(10)24-8-2-3-11(19(22)23)9(6-8)13(20)21;1-4-12-8-6-7-11(3)14(12)16(10-18-5-2)13(17)9-15;1-7-6-16-9-5-3-2-4-8(9)14(7)11(15)10(12)13;5-3(6)1-4-2-10(7,8)9/h1-6H,(H,20,21);6-8H,4-5,9-10H2,1-3H3;2-5,7,10H,6H2,1H3;4H,1-2H2,(H,5,6)(H2,7,8,9). The number of ether oxygens (including phenoxy) is 3. The number of fused-ring (bicyclic) bond motifs is 1. The number of carboxylic acids is 2. The molecule has 0 spiro atoms. The number of aromatic carboxylic acids is 1. The summed E-state index contributed by atoms with van der Waals surface area (Å²) in [5, 5.41) is 29.4. The van der Waals surface area contributed by atoms with Crippen LogP contribution in [0.15, 0.2) is 78.9 Å². The fourth-order valence-corrected chi connectivity index (χ4v) is 6.73. The number of halogens is 7. The molecule has 68 heavy (non-hydrogen) atoms. The third-order valence-corrected chi connectivity index (χ3v) is 10.3. The molecule has 1 unspecified atom stereocenters. The van der Waals surface area contributed by atoms with Crippen molar-refractivity contribution in [3.05, 3.63) is 116 Å². The van der Waals surface area contributed by atoms with Crippen molar-refractivity contribution in [3.63, 3.8) is 0 Å². The van der Waals surface area contributed by atoms with Gasteiger partial charge in [-0.25, -0.2) is 4.79 Å². The minimum atomic E-state index is -4.58. The first-order valence-electron chi connectivity index (χ1n) is 19.7. The lowest BCUT2D eigenvalue weighted by molar-refractivity contribution is -0.385. The maximum Gasteiger partial charge on any atom is 0.416 e. The van der Waals surface area contributed by atoms with Gasteiger partial charge in [0.15, 0.2) is 4.84 Å². The Hall–Kier alpha value is -5.22. The van der Waals surface area contributed by atoms with Crippen LogP contribution in [0.3, 0.4) is 0 Å². The number of carboxylic acid groups (broad SMARTS) is 2. The fourth-order valence-electron chi connectivity index (χ4n) is 5.75. The van der Waals surface area contributed by atoms with E-state index < -0.39 is 65.1 Å². The Labute approximate surface area is 407 Å². The van der Waals surface area contributed by atoms with E-state index in [-0.39, 0.29) is 47.0 Å². The molecule has 26 heteroatoms. The molecule has 18 nitrogen and oxygen atoms in total. The molecule has 1 heterocycles. The molecule has 0 saturated carbocycles. The van der Waals surface area contributed by atoms with Gasteiger partial charge < -0.3 is 39.1 Å². The number of aryl methyl sites for hydroxylation is 2. The zero-order valence-electron chi connectivity index (χ0n) is 36.4. The summed E-state index contributed by atoms with van der Waals surface area (Å²) in [4.78, 5) is 73.1. The van der Waals surface area contributed by atoms with E-state index in [2.05, 4.69) is 12.2 Å². The predicted molar refractivity (Wildman–Crippen MR) is 249 cm³/mol. The van der Waals surface area contributed by atoms with E-state index in [4.69, 9.17) is 80.6 Å². The molecule has 0 aromatic heterocycles. The fraction of sp³-hybridized carbons (Fsp3) is 0.333. The number of hydrogen-bond donors (Lipinski definition) is 5. The maximum absolute atomic E-state index is 12.6. The Kier molecular flexibility index (Phi) is 24.0. The number of carbonyl (C=O) groups is 4. The van der Waals surface area contributed by atoms with Gasteiger partial charge in [-0.1, -0.05) is 72.1 Å². The van der Waals surface area contributed by atoms with E-state index in [1.165, 1.54) is 0 Å². The molecule has 5 N–H and O–H groups in total. The van der Waals surface area contributed by atoms with Gasteiger partial charge in [0, 0.05) is 18.7 Å². The summed E-state index contributed by atoms with van der Waals surface area (Å²) in [7, 11) is -4.10. The number of benzene rings is 4. The third kappa shape index (κ3) is 18.7. The smallest absolute Gasteiger partial charge is 0.416 e. The molecular weight excluding hydrogens is 1010 g/mol. The summed E-state index contributed by atoms with van der Waals surface area (Å²) in [5.74, 6) is -2.78. The zero-order chi connectivity index (χ0) is 51.5. The largest absolute Gasteiger partial charge is 0.489 e. The first kappa shape index (κ1) is 58.9. The number of nitrogens with one attached hydrogen (secondary N) is 1. The summed E-state index contributed by atoms with van der Waals surface area (Å²) in [5.41, 5.74) is 1.60. The second-order valence-corrected chi connectivity index (χ2v) is 17.2. The van der Waals surface area contributed by atoms with Crippen LogP contribution in [0.4, 0.5) is 30.2 Å². The summed E-state index contributed by atoms with van der Waals surface area (Å²) in [6.45, 7) is 8.69. The molecule has 0 saturated heterocycles. The van der Waals surface area contributed by atoms with Crippen molar-refractivity contribution in [1.29, 1.82) is 0 Å². The zero-order valence-corrected chi connectivity index (χ0v) is 40.3. The number of nitrogens with zero attached hydrogens (tertiary/aromatic N) is 3. The first-order chi connectivity index (χ1) is 31.8. The van der Waals surface area contributed by atoms with Crippen LogP contribution in [0.5, 0.6) is 17.2 Å². The van der Waals surface area contributed by atoms with Crippen LogP contribution in [0.1, 0.15) is 47.8 Å². The highest BCUT2D eigenvalue weighted by atomic mass is 35.5. The highest BCUT2D eigenvalue weighted by Gasteiger charge is 2.33. The lowest BCUT2D eigenvalue weighted by atomic mass is 10.0. The Morgan fingerprint density at radius 2 is 1.69 bits per heavy atom. The van der Waals surface area contributed by atoms with Crippen LogP contribution in [0.25, 0.3) is 0 Å². The quantitative estimate of drug-likeness (QED) is 0.0244.